The van der Waals surface area contributed by atoms with E-state index in [4.69, 9.17) is 11.6 Å². The summed E-state index contributed by atoms with van der Waals surface area (Å²) in [4.78, 5) is 5.26. The van der Waals surface area contributed by atoms with Gasteiger partial charge in [-0.05, 0) is 59.4 Å². The smallest absolute Gasteiger partial charge is 0.0568 e. The molecule has 3 rings (SSSR count). The molecule has 2 aliphatic heterocycles. The molecule has 4 heteroatoms. The van der Waals surface area contributed by atoms with Gasteiger partial charge in [-0.2, -0.15) is 0 Å². The fraction of sp³-hybridized carbons (Fsp3) is 0.625. The average molecular weight is 358 g/mol. The summed E-state index contributed by atoms with van der Waals surface area (Å²) in [6.45, 7) is 8.27. The third kappa shape index (κ3) is 2.72. The van der Waals surface area contributed by atoms with Gasteiger partial charge < -0.3 is 4.90 Å². The number of hydrogen-bond donors (Lipinski definition) is 0. The summed E-state index contributed by atoms with van der Waals surface area (Å²) in [5, 5.41) is 0.804. The van der Waals surface area contributed by atoms with E-state index in [9.17, 15) is 0 Å². The molecule has 20 heavy (non-hydrogen) atoms. The van der Waals surface area contributed by atoms with Crippen LogP contribution in [-0.2, 0) is 0 Å². The van der Waals surface area contributed by atoms with Crippen molar-refractivity contribution in [3.05, 3.63) is 27.7 Å². The maximum Gasteiger partial charge on any atom is 0.0568 e. The summed E-state index contributed by atoms with van der Waals surface area (Å²) in [6.07, 6.45) is 2.69. The molecule has 0 aliphatic carbocycles. The van der Waals surface area contributed by atoms with E-state index in [-0.39, 0.29) is 0 Å². The normalized spacial score (nSPS) is 27.1. The van der Waals surface area contributed by atoms with Crippen molar-refractivity contribution in [1.29, 1.82) is 0 Å². The molecule has 2 fully saturated rings. The first kappa shape index (κ1) is 14.7. The topological polar surface area (TPSA) is 6.48 Å². The largest absolute Gasteiger partial charge is 0.365 e. The van der Waals surface area contributed by atoms with Gasteiger partial charge in [-0.15, -0.1) is 0 Å². The number of benzene rings is 1. The summed E-state index contributed by atoms with van der Waals surface area (Å²) in [5.41, 5.74) is 1.27. The molecule has 2 unspecified atom stereocenters. The van der Waals surface area contributed by atoms with E-state index in [0.29, 0.717) is 12.0 Å². The molecule has 0 spiro atoms. The van der Waals surface area contributed by atoms with Crippen LogP contribution in [-0.4, -0.2) is 36.6 Å². The molecular weight excluding hydrogens is 336 g/mol. The summed E-state index contributed by atoms with van der Waals surface area (Å²) in [7, 11) is 0. The first-order valence-electron chi connectivity index (χ1n) is 7.52. The highest BCUT2D eigenvalue weighted by Gasteiger charge is 2.37. The Bertz CT molecular complexity index is 491. The Kier molecular flexibility index (Phi) is 4.30. The van der Waals surface area contributed by atoms with E-state index in [1.807, 2.05) is 0 Å². The van der Waals surface area contributed by atoms with E-state index in [2.05, 4.69) is 57.8 Å². The average Bonchev–Trinajstić information content (AvgIpc) is 2.87. The van der Waals surface area contributed by atoms with Crippen LogP contribution in [0.25, 0.3) is 0 Å². The monoisotopic (exact) mass is 356 g/mol. The number of fused-ring (bicyclic) bond motifs is 1. The van der Waals surface area contributed by atoms with Gasteiger partial charge in [-0.25, -0.2) is 0 Å². The van der Waals surface area contributed by atoms with Gasteiger partial charge in [0.15, 0.2) is 0 Å². The van der Waals surface area contributed by atoms with Crippen LogP contribution < -0.4 is 4.90 Å². The molecule has 0 bridgehead atoms. The molecule has 2 saturated heterocycles. The lowest BCUT2D eigenvalue weighted by Gasteiger charge is -2.47. The predicted molar refractivity (Wildman–Crippen MR) is 89.7 cm³/mol. The van der Waals surface area contributed by atoms with Crippen LogP contribution >= 0.6 is 27.5 Å². The van der Waals surface area contributed by atoms with Crippen molar-refractivity contribution in [2.75, 3.05) is 24.5 Å². The third-order valence-corrected chi connectivity index (χ3v) is 5.97. The fourth-order valence-electron chi connectivity index (χ4n) is 3.57. The SMILES string of the molecule is CC(C)C1CN2CCCC2CN1c1ccc(Br)c(Cl)c1. The molecule has 0 radical (unpaired) electrons. The first-order valence-corrected chi connectivity index (χ1v) is 8.69. The quantitative estimate of drug-likeness (QED) is 0.773. The Hall–Kier alpha value is -0.250. The van der Waals surface area contributed by atoms with E-state index in [1.165, 1.54) is 31.6 Å². The highest BCUT2D eigenvalue weighted by Crippen LogP contribution is 2.34. The lowest BCUT2D eigenvalue weighted by Crippen LogP contribution is -2.58. The summed E-state index contributed by atoms with van der Waals surface area (Å²) >= 11 is 9.77. The molecule has 0 N–H and O–H groups in total. The summed E-state index contributed by atoms with van der Waals surface area (Å²) in [5.74, 6) is 0.652. The minimum atomic E-state index is 0.585. The second-order valence-electron chi connectivity index (χ2n) is 6.35. The van der Waals surface area contributed by atoms with E-state index in [0.717, 1.165) is 22.1 Å². The lowest BCUT2D eigenvalue weighted by atomic mass is 9.96. The van der Waals surface area contributed by atoms with Crippen molar-refractivity contribution in [2.45, 2.75) is 38.8 Å². The standard InChI is InChI=1S/C16H22BrClN2/c1-11(2)16-10-19-7-3-4-13(19)9-20(16)12-5-6-14(17)15(18)8-12/h5-6,8,11,13,16H,3-4,7,9-10H2,1-2H3. The molecular formula is C16H22BrClN2. The van der Waals surface area contributed by atoms with Crippen LogP contribution in [0.3, 0.4) is 0 Å². The Morgan fingerprint density at radius 1 is 1.30 bits per heavy atom. The van der Waals surface area contributed by atoms with Gasteiger partial charge in [0.2, 0.25) is 0 Å². The van der Waals surface area contributed by atoms with Gasteiger partial charge in [-0.3, -0.25) is 4.90 Å². The maximum absolute atomic E-state index is 6.29. The van der Waals surface area contributed by atoms with Crippen molar-refractivity contribution in [3.63, 3.8) is 0 Å². The van der Waals surface area contributed by atoms with Crippen LogP contribution in [0.2, 0.25) is 5.02 Å². The Morgan fingerprint density at radius 3 is 2.80 bits per heavy atom. The molecule has 2 nitrogen and oxygen atoms in total. The molecule has 110 valence electrons. The number of anilines is 1. The lowest BCUT2D eigenvalue weighted by molar-refractivity contribution is 0.176. The van der Waals surface area contributed by atoms with Crippen molar-refractivity contribution >= 4 is 33.2 Å². The van der Waals surface area contributed by atoms with Gasteiger partial charge in [-0.1, -0.05) is 25.4 Å². The van der Waals surface area contributed by atoms with Gasteiger partial charge in [0.25, 0.3) is 0 Å². The van der Waals surface area contributed by atoms with E-state index >= 15 is 0 Å². The zero-order valence-electron chi connectivity index (χ0n) is 12.1. The van der Waals surface area contributed by atoms with Gasteiger partial charge in [0, 0.05) is 35.3 Å². The van der Waals surface area contributed by atoms with E-state index < -0.39 is 0 Å². The summed E-state index contributed by atoms with van der Waals surface area (Å²) < 4.78 is 0.975. The molecule has 2 heterocycles. The summed E-state index contributed by atoms with van der Waals surface area (Å²) in [6, 6.07) is 7.67. The van der Waals surface area contributed by atoms with Crippen LogP contribution in [0.1, 0.15) is 26.7 Å². The predicted octanol–water partition coefficient (Wildman–Crippen LogP) is 4.41. The van der Waals surface area contributed by atoms with Gasteiger partial charge >= 0.3 is 0 Å². The highest BCUT2D eigenvalue weighted by atomic mass is 79.9. The van der Waals surface area contributed by atoms with Gasteiger partial charge in [0.05, 0.1) is 5.02 Å². The van der Waals surface area contributed by atoms with Crippen molar-refractivity contribution in [1.82, 2.24) is 4.90 Å². The first-order chi connectivity index (χ1) is 9.56. The van der Waals surface area contributed by atoms with Crippen LogP contribution in [0, 0.1) is 5.92 Å². The Labute approximate surface area is 135 Å². The van der Waals surface area contributed by atoms with Gasteiger partial charge in [0.1, 0.15) is 0 Å². The molecule has 1 aromatic rings. The van der Waals surface area contributed by atoms with Crippen molar-refractivity contribution in [2.24, 2.45) is 5.92 Å². The van der Waals surface area contributed by atoms with Crippen LogP contribution in [0.5, 0.6) is 0 Å². The molecule has 1 aromatic carbocycles. The molecule has 2 aliphatic rings. The fourth-order valence-corrected chi connectivity index (χ4v) is 4.00. The minimum Gasteiger partial charge on any atom is -0.365 e. The van der Waals surface area contributed by atoms with Crippen LogP contribution in [0.4, 0.5) is 5.69 Å². The van der Waals surface area contributed by atoms with E-state index in [1.54, 1.807) is 0 Å². The molecule has 0 amide bonds. The number of halogens is 2. The number of piperazine rings is 1. The number of nitrogens with zero attached hydrogens (tertiary/aromatic N) is 2. The molecule has 2 atom stereocenters. The van der Waals surface area contributed by atoms with Crippen LogP contribution in [0.15, 0.2) is 22.7 Å². The van der Waals surface area contributed by atoms with Crippen molar-refractivity contribution < 1.29 is 0 Å². The Balaban J connectivity index is 1.89. The number of hydrogen-bond acceptors (Lipinski definition) is 2. The zero-order chi connectivity index (χ0) is 14.3. The molecule has 0 aromatic heterocycles. The second-order valence-corrected chi connectivity index (χ2v) is 7.61. The highest BCUT2D eigenvalue weighted by molar-refractivity contribution is 9.10. The van der Waals surface area contributed by atoms with Crippen molar-refractivity contribution in [3.8, 4) is 0 Å². The Morgan fingerprint density at radius 2 is 2.10 bits per heavy atom. The number of rotatable bonds is 2. The maximum atomic E-state index is 6.29. The third-order valence-electron chi connectivity index (χ3n) is 4.73. The zero-order valence-corrected chi connectivity index (χ0v) is 14.5. The minimum absolute atomic E-state index is 0.585. The second kappa shape index (κ2) is 5.86. The molecule has 0 saturated carbocycles.